The van der Waals surface area contributed by atoms with E-state index >= 15 is 0 Å². The molecule has 1 amide bonds. The zero-order valence-electron chi connectivity index (χ0n) is 48.2. The number of amides is 1. The lowest BCUT2D eigenvalue weighted by Gasteiger charge is -2.20. The summed E-state index contributed by atoms with van der Waals surface area (Å²) in [5.41, 5.74) is 0. The maximum absolute atomic E-state index is 12.4. The third-order valence-electron chi connectivity index (χ3n) is 15.3. The van der Waals surface area contributed by atoms with Gasteiger partial charge in [0.1, 0.15) is 0 Å². The van der Waals surface area contributed by atoms with Crippen molar-refractivity contribution in [1.82, 2.24) is 5.32 Å². The summed E-state index contributed by atoms with van der Waals surface area (Å²) in [5, 5.41) is 23.0. The summed E-state index contributed by atoms with van der Waals surface area (Å²) in [6, 6.07) is -0.623. The van der Waals surface area contributed by atoms with Gasteiger partial charge < -0.3 is 20.3 Å². The smallest absolute Gasteiger partial charge is 0.305 e. The fourth-order valence-electron chi connectivity index (χ4n) is 10.3. The molecule has 0 aromatic rings. The number of nitrogens with one attached hydrogen (secondary N) is 1. The maximum atomic E-state index is 12.4. The van der Waals surface area contributed by atoms with Gasteiger partial charge >= 0.3 is 5.97 Å². The van der Waals surface area contributed by atoms with Crippen molar-refractivity contribution < 1.29 is 24.5 Å². The van der Waals surface area contributed by atoms with Gasteiger partial charge in [-0.25, -0.2) is 0 Å². The molecule has 6 nitrogen and oxygen atoms in total. The lowest BCUT2D eigenvalue weighted by molar-refractivity contribution is -0.143. The van der Waals surface area contributed by atoms with Crippen LogP contribution >= 0.6 is 0 Å². The number of esters is 1. The van der Waals surface area contributed by atoms with Crippen molar-refractivity contribution in [2.24, 2.45) is 0 Å². The number of ether oxygens (including phenoxy) is 1. The van der Waals surface area contributed by atoms with Crippen LogP contribution in [0.3, 0.4) is 0 Å². The van der Waals surface area contributed by atoms with Gasteiger partial charge in [-0.2, -0.15) is 0 Å². The fraction of sp³-hybridized carbons (Fsp3) is 0.938. The number of aliphatic hydroxyl groups is 2. The van der Waals surface area contributed by atoms with Crippen LogP contribution in [-0.2, 0) is 14.3 Å². The highest BCUT2D eigenvalue weighted by Crippen LogP contribution is 2.19. The molecule has 0 radical (unpaired) electrons. The van der Waals surface area contributed by atoms with E-state index in [-0.39, 0.29) is 18.5 Å². The van der Waals surface area contributed by atoms with E-state index in [4.69, 9.17) is 4.74 Å². The van der Waals surface area contributed by atoms with Crippen LogP contribution in [0, 0.1) is 0 Å². The van der Waals surface area contributed by atoms with Crippen LogP contribution in [0.15, 0.2) is 12.2 Å². The Bertz CT molecular complexity index is 1060. The molecule has 0 saturated heterocycles. The number of rotatable bonds is 61. The summed E-state index contributed by atoms with van der Waals surface area (Å²) < 4.78 is 5.51. The van der Waals surface area contributed by atoms with E-state index in [9.17, 15) is 19.8 Å². The van der Waals surface area contributed by atoms with Crippen molar-refractivity contribution in [2.75, 3.05) is 13.2 Å². The van der Waals surface area contributed by atoms with Crippen LogP contribution in [-0.4, -0.2) is 47.4 Å². The minimum absolute atomic E-state index is 0.0226. The Labute approximate surface area is 444 Å². The molecule has 0 rings (SSSR count). The molecular formula is C65H127NO5. The van der Waals surface area contributed by atoms with Crippen LogP contribution in [0.5, 0.6) is 0 Å². The van der Waals surface area contributed by atoms with Crippen molar-refractivity contribution in [2.45, 2.75) is 379 Å². The van der Waals surface area contributed by atoms with Crippen LogP contribution in [0.4, 0.5) is 0 Å². The number of allylic oxidation sites excluding steroid dienone is 1. The number of hydrogen-bond acceptors (Lipinski definition) is 5. The van der Waals surface area contributed by atoms with Crippen molar-refractivity contribution in [3.05, 3.63) is 12.2 Å². The molecule has 0 aliphatic rings. The highest BCUT2D eigenvalue weighted by molar-refractivity contribution is 5.76. The summed E-state index contributed by atoms with van der Waals surface area (Å²) in [4.78, 5) is 24.5. The number of aliphatic hydroxyl groups excluding tert-OH is 2. The lowest BCUT2D eigenvalue weighted by atomic mass is 10.0. The molecule has 2 unspecified atom stereocenters. The molecule has 2 atom stereocenters. The van der Waals surface area contributed by atoms with Crippen LogP contribution in [0.25, 0.3) is 0 Å². The van der Waals surface area contributed by atoms with E-state index in [1.54, 1.807) is 6.08 Å². The SMILES string of the molecule is CCCCCCCCC/C=C/C(O)C(CO)NC(=O)CCCCCCCCCCCCCCCCCCCCCCCCCCCCCOC(=O)CCCCCCCCCCCCCCCCCCCC. The Kier molecular flexibility index (Phi) is 59.9. The van der Waals surface area contributed by atoms with E-state index in [0.717, 1.165) is 38.5 Å². The lowest BCUT2D eigenvalue weighted by Crippen LogP contribution is -2.45. The Morgan fingerprint density at radius 3 is 0.958 bits per heavy atom. The summed E-state index contributed by atoms with van der Waals surface area (Å²) >= 11 is 0. The zero-order valence-corrected chi connectivity index (χ0v) is 48.2. The number of unbranched alkanes of at least 4 members (excludes halogenated alkanes) is 50. The van der Waals surface area contributed by atoms with E-state index < -0.39 is 12.1 Å². The monoisotopic (exact) mass is 1000 g/mol. The molecular weight excluding hydrogens is 875 g/mol. The minimum atomic E-state index is -0.839. The number of carbonyl (C=O) groups excluding carboxylic acids is 2. The average Bonchev–Trinajstić information content (AvgIpc) is 3.37. The van der Waals surface area contributed by atoms with Gasteiger partial charge in [-0.3, -0.25) is 9.59 Å². The molecule has 0 aliphatic heterocycles. The van der Waals surface area contributed by atoms with Gasteiger partial charge in [-0.15, -0.1) is 0 Å². The van der Waals surface area contributed by atoms with E-state index in [2.05, 4.69) is 19.2 Å². The average molecular weight is 1000 g/mol. The summed E-state index contributed by atoms with van der Waals surface area (Å²) in [6.45, 7) is 4.91. The second-order valence-corrected chi connectivity index (χ2v) is 22.5. The van der Waals surface area contributed by atoms with E-state index in [1.807, 2.05) is 6.08 Å². The predicted molar refractivity (Wildman–Crippen MR) is 310 cm³/mol. The standard InChI is InChI=1S/C65H127NO5/c1-3-5-7-9-11-13-14-15-16-17-30-33-36-39-43-47-51-55-59-65(70)71-60-56-52-48-44-40-37-34-31-28-26-24-22-20-18-19-21-23-25-27-29-32-35-38-42-46-50-54-58-64(69)66-62(61-67)63(68)57-53-49-45-41-12-10-8-6-4-2/h53,57,62-63,67-68H,3-52,54-56,58-61H2,1-2H3,(H,66,69)/b57-53+. The summed E-state index contributed by atoms with van der Waals surface area (Å²) in [5.74, 6) is -0.0438. The topological polar surface area (TPSA) is 95.9 Å². The first-order chi connectivity index (χ1) is 35.0. The van der Waals surface area contributed by atoms with E-state index in [1.165, 1.54) is 302 Å². The fourth-order valence-corrected chi connectivity index (χ4v) is 10.3. The molecule has 0 bridgehead atoms. The molecule has 0 fully saturated rings. The molecule has 3 N–H and O–H groups in total. The summed E-state index contributed by atoms with van der Waals surface area (Å²) in [7, 11) is 0. The molecule has 0 spiro atoms. The second-order valence-electron chi connectivity index (χ2n) is 22.5. The molecule has 422 valence electrons. The number of carbonyl (C=O) groups is 2. The highest BCUT2D eigenvalue weighted by Gasteiger charge is 2.18. The van der Waals surface area contributed by atoms with Gasteiger partial charge in [0.2, 0.25) is 5.91 Å². The molecule has 0 aromatic heterocycles. The highest BCUT2D eigenvalue weighted by atomic mass is 16.5. The Morgan fingerprint density at radius 2 is 0.648 bits per heavy atom. The van der Waals surface area contributed by atoms with Crippen LogP contribution < -0.4 is 5.32 Å². The molecule has 0 heterocycles. The van der Waals surface area contributed by atoms with Gasteiger partial charge in [-0.05, 0) is 32.1 Å². The van der Waals surface area contributed by atoms with Gasteiger partial charge in [0.05, 0.1) is 25.4 Å². The van der Waals surface area contributed by atoms with Crippen LogP contribution in [0.2, 0.25) is 0 Å². The van der Waals surface area contributed by atoms with Gasteiger partial charge in [0.15, 0.2) is 0 Å². The predicted octanol–water partition coefficient (Wildman–Crippen LogP) is 20.4. The molecule has 0 aromatic carbocycles. The zero-order chi connectivity index (χ0) is 51.4. The number of hydrogen-bond donors (Lipinski definition) is 3. The van der Waals surface area contributed by atoms with Crippen molar-refractivity contribution in [1.29, 1.82) is 0 Å². The van der Waals surface area contributed by atoms with Crippen molar-refractivity contribution >= 4 is 11.9 Å². The maximum Gasteiger partial charge on any atom is 0.305 e. The summed E-state index contributed by atoms with van der Waals surface area (Å²) in [6.07, 6.45) is 74.3. The van der Waals surface area contributed by atoms with Crippen LogP contribution in [0.1, 0.15) is 367 Å². The van der Waals surface area contributed by atoms with Gasteiger partial charge in [-0.1, -0.05) is 334 Å². The molecule has 0 saturated carbocycles. The first kappa shape index (κ1) is 69.6. The second kappa shape index (κ2) is 61.1. The van der Waals surface area contributed by atoms with Crippen molar-refractivity contribution in [3.63, 3.8) is 0 Å². The largest absolute Gasteiger partial charge is 0.466 e. The third-order valence-corrected chi connectivity index (χ3v) is 15.3. The first-order valence-electron chi connectivity index (χ1n) is 32.5. The van der Waals surface area contributed by atoms with E-state index in [0.29, 0.717) is 19.4 Å². The molecule has 0 aliphatic carbocycles. The first-order valence-corrected chi connectivity index (χ1v) is 32.5. The minimum Gasteiger partial charge on any atom is -0.466 e. The quantitative estimate of drug-likeness (QED) is 0.0320. The Morgan fingerprint density at radius 1 is 0.380 bits per heavy atom. The normalized spacial score (nSPS) is 12.6. The van der Waals surface area contributed by atoms with Gasteiger partial charge in [0, 0.05) is 12.8 Å². The third kappa shape index (κ3) is 57.7. The van der Waals surface area contributed by atoms with Gasteiger partial charge in [0.25, 0.3) is 0 Å². The Balaban J connectivity index is 3.30. The Hall–Kier alpha value is -1.40. The van der Waals surface area contributed by atoms with Crippen molar-refractivity contribution in [3.8, 4) is 0 Å². The molecule has 71 heavy (non-hydrogen) atoms. The molecule has 6 heteroatoms.